The Balaban J connectivity index is 1.19. The number of rotatable bonds is 12. The monoisotopic (exact) mass is 855 g/mol. The fourth-order valence-corrected chi connectivity index (χ4v) is 8.52. The summed E-state index contributed by atoms with van der Waals surface area (Å²) >= 11 is 0. The number of nitrogens with zero attached hydrogens (tertiary/aromatic N) is 3. The van der Waals surface area contributed by atoms with Crippen molar-refractivity contribution in [2.45, 2.75) is 118 Å². The van der Waals surface area contributed by atoms with Gasteiger partial charge in [-0.05, 0) is 78.2 Å². The van der Waals surface area contributed by atoms with E-state index in [4.69, 9.17) is 9.73 Å². The van der Waals surface area contributed by atoms with Crippen LogP contribution in [-0.4, -0.2) is 110 Å². The number of nitrogens with one attached hydrogen (secondary N) is 4. The molecule has 1 aromatic rings. The zero-order valence-corrected chi connectivity index (χ0v) is 36.8. The lowest BCUT2D eigenvalue weighted by Crippen LogP contribution is -2.54. The molecule has 1 aromatic carbocycles. The van der Waals surface area contributed by atoms with Gasteiger partial charge in [0.1, 0.15) is 12.1 Å². The van der Waals surface area contributed by atoms with Crippen molar-refractivity contribution in [2.24, 2.45) is 28.2 Å². The van der Waals surface area contributed by atoms with Crippen LogP contribution in [-0.2, 0) is 19.1 Å². The molecular formula is C45H64F3N7O6. The Hall–Kier alpha value is -4.70. The molecule has 3 heterocycles. The molecule has 5 unspecified atom stereocenters. The molecule has 0 saturated carbocycles. The van der Waals surface area contributed by atoms with Crippen molar-refractivity contribution in [2.75, 3.05) is 39.8 Å². The zero-order valence-electron chi connectivity index (χ0n) is 36.8. The van der Waals surface area contributed by atoms with Crippen LogP contribution in [0.25, 0.3) is 11.1 Å². The van der Waals surface area contributed by atoms with E-state index in [-0.39, 0.29) is 48.1 Å². The first kappa shape index (κ1) is 47.4. The molecule has 0 aromatic heterocycles. The summed E-state index contributed by atoms with van der Waals surface area (Å²) in [6, 6.07) is 6.00. The summed E-state index contributed by atoms with van der Waals surface area (Å²) in [5.74, 6) is 0.141. The normalized spacial score (nSPS) is 23.3. The van der Waals surface area contributed by atoms with Crippen molar-refractivity contribution >= 4 is 40.8 Å². The lowest BCUT2D eigenvalue weighted by atomic mass is 9.89. The zero-order chi connectivity index (χ0) is 44.6. The molecule has 13 nitrogen and oxygen atoms in total. The van der Waals surface area contributed by atoms with Crippen LogP contribution < -0.4 is 21.3 Å². The molecule has 4 N–H and O–H groups in total. The van der Waals surface area contributed by atoms with Gasteiger partial charge < -0.3 is 35.8 Å². The van der Waals surface area contributed by atoms with Gasteiger partial charge >= 0.3 is 18.5 Å². The second-order valence-corrected chi connectivity index (χ2v) is 18.1. The van der Waals surface area contributed by atoms with E-state index in [9.17, 15) is 32.3 Å². The highest BCUT2D eigenvalue weighted by atomic mass is 19.4. The molecule has 0 radical (unpaired) electrons. The van der Waals surface area contributed by atoms with Crippen molar-refractivity contribution in [3.63, 3.8) is 0 Å². The van der Waals surface area contributed by atoms with Gasteiger partial charge in [-0.15, -0.1) is 13.2 Å². The van der Waals surface area contributed by atoms with Crippen molar-refractivity contribution in [3.05, 3.63) is 59.4 Å². The van der Waals surface area contributed by atoms with E-state index in [1.807, 2.05) is 62.8 Å². The summed E-state index contributed by atoms with van der Waals surface area (Å²) in [6.45, 7) is 16.4. The van der Waals surface area contributed by atoms with E-state index in [1.165, 1.54) is 13.2 Å². The third-order valence-electron chi connectivity index (χ3n) is 11.8. The van der Waals surface area contributed by atoms with Crippen LogP contribution in [0.2, 0.25) is 0 Å². The number of halogens is 3. The Labute approximate surface area is 358 Å². The van der Waals surface area contributed by atoms with Crippen molar-refractivity contribution in [3.8, 4) is 0 Å². The minimum atomic E-state index is -4.92. The Morgan fingerprint density at radius 3 is 2.26 bits per heavy atom. The van der Waals surface area contributed by atoms with Gasteiger partial charge in [-0.25, -0.2) is 9.59 Å². The van der Waals surface area contributed by atoms with Crippen LogP contribution in [0.3, 0.4) is 0 Å². The molecule has 2 fully saturated rings. The van der Waals surface area contributed by atoms with Crippen LogP contribution in [0.4, 0.5) is 22.8 Å². The number of benzene rings is 1. The molecule has 16 heteroatoms. The molecular weight excluding hydrogens is 792 g/mol. The van der Waals surface area contributed by atoms with Crippen LogP contribution in [0.5, 0.6) is 0 Å². The number of likely N-dealkylation sites (tertiary alicyclic amines) is 2. The number of alkyl carbamates (subject to hydrolysis) is 1. The van der Waals surface area contributed by atoms with Gasteiger partial charge in [0.15, 0.2) is 0 Å². The average molecular weight is 856 g/mol. The molecule has 336 valence electrons. The number of aliphatic imine (C=N–C) groups is 1. The lowest BCUT2D eigenvalue weighted by molar-refractivity contribution is -0.329. The number of amides is 5. The first-order valence-electron chi connectivity index (χ1n) is 21.5. The number of hydrogen-bond acceptors (Lipinski definition) is 8. The Kier molecular flexibility index (Phi) is 15.9. The Bertz CT molecular complexity index is 1860. The average Bonchev–Trinajstić information content (AvgIpc) is 3.48. The number of carbonyl (C=O) groups is 4. The number of ether oxygens (including phenoxy) is 2. The highest BCUT2D eigenvalue weighted by molar-refractivity contribution is 5.98. The number of carbonyl (C=O) groups excluding carboxylic acids is 4. The molecule has 0 spiro atoms. The van der Waals surface area contributed by atoms with Crippen LogP contribution in [0.15, 0.2) is 53.3 Å². The Morgan fingerprint density at radius 1 is 0.967 bits per heavy atom. The van der Waals surface area contributed by atoms with Gasteiger partial charge in [-0.2, -0.15) is 0 Å². The third-order valence-corrected chi connectivity index (χ3v) is 11.8. The van der Waals surface area contributed by atoms with E-state index >= 15 is 0 Å². The fraction of sp³-hybridized carbons (Fsp3) is 0.622. The van der Waals surface area contributed by atoms with Crippen LogP contribution >= 0.6 is 0 Å². The molecule has 5 atom stereocenters. The van der Waals surface area contributed by atoms with Gasteiger partial charge in [0, 0.05) is 68.2 Å². The third kappa shape index (κ3) is 12.9. The number of urea groups is 1. The summed E-state index contributed by atoms with van der Waals surface area (Å²) < 4.78 is 50.4. The van der Waals surface area contributed by atoms with E-state index in [0.29, 0.717) is 56.0 Å². The highest BCUT2D eigenvalue weighted by Crippen LogP contribution is 2.36. The molecule has 0 bridgehead atoms. The molecule has 5 rings (SSSR count). The molecule has 5 amide bonds. The number of methoxy groups -OCH3 is 1. The van der Waals surface area contributed by atoms with Crippen molar-refractivity contribution in [1.82, 2.24) is 31.1 Å². The maximum Gasteiger partial charge on any atom is 0.523 e. The number of piperidine rings is 1. The van der Waals surface area contributed by atoms with Crippen molar-refractivity contribution < 1.29 is 41.8 Å². The summed E-state index contributed by atoms with van der Waals surface area (Å²) in [5.41, 5.74) is 3.52. The number of alkyl halides is 3. The minimum absolute atomic E-state index is 0.0755. The van der Waals surface area contributed by atoms with E-state index < -0.39 is 36.0 Å². The second-order valence-electron chi connectivity index (χ2n) is 18.1. The van der Waals surface area contributed by atoms with Crippen LogP contribution in [0.1, 0.15) is 98.1 Å². The standard InChI is InChI=1S/C45H64F3N7O6/c1-27(2)38(53-43(59)60-8)40(56)55-26-28(3)23-36(55)39-29(4)9-10-32(25-51-39)30-11-13-31(14-12-30)35-16-15-34(24-37(35)61-45(46,47)48)52-42(58)50-20-19-49-33-17-21-54(22-18-33)41(57)44(5,6)7/h11-14,16,24-25,27-29,33,36-38,49H,9-10,15,17-23,26H2,1-8H3,(H,53,59)(H2,50,52,58). The summed E-state index contributed by atoms with van der Waals surface area (Å²) in [6.07, 6.45) is 1.78. The predicted octanol–water partition coefficient (Wildman–Crippen LogP) is 7.02. The largest absolute Gasteiger partial charge is 0.523 e. The summed E-state index contributed by atoms with van der Waals surface area (Å²) in [7, 11) is 1.27. The molecule has 61 heavy (non-hydrogen) atoms. The van der Waals surface area contributed by atoms with Gasteiger partial charge in [0.2, 0.25) is 11.8 Å². The first-order valence-corrected chi connectivity index (χ1v) is 21.5. The topological polar surface area (TPSA) is 154 Å². The quantitative estimate of drug-likeness (QED) is 0.165. The number of allylic oxidation sites excluding steroid dienone is 2. The SMILES string of the molecule is COC(=O)NC(C(=O)N1CC(C)CC1C1=NC=C(c2ccc(C3=CCC(NC(=O)NCCNC4CCN(C(=O)C(C)(C)C)CC4)=CC3OC(F)(F)F)cc2)CCC1C)C(C)C. The van der Waals surface area contributed by atoms with Crippen LogP contribution in [0, 0.1) is 23.2 Å². The second kappa shape index (κ2) is 20.4. The maximum atomic E-state index is 13.9. The lowest BCUT2D eigenvalue weighted by Gasteiger charge is -2.36. The summed E-state index contributed by atoms with van der Waals surface area (Å²) in [5, 5.41) is 11.6. The predicted molar refractivity (Wildman–Crippen MR) is 229 cm³/mol. The first-order chi connectivity index (χ1) is 28.7. The van der Waals surface area contributed by atoms with E-state index in [0.717, 1.165) is 42.5 Å². The molecule has 4 aliphatic rings. The van der Waals surface area contributed by atoms with Gasteiger partial charge in [-0.3, -0.25) is 19.3 Å². The van der Waals surface area contributed by atoms with Gasteiger partial charge in [-0.1, -0.05) is 78.8 Å². The van der Waals surface area contributed by atoms with Gasteiger partial charge in [0.25, 0.3) is 0 Å². The summed E-state index contributed by atoms with van der Waals surface area (Å²) in [4.78, 5) is 59.9. The minimum Gasteiger partial charge on any atom is -0.453 e. The smallest absolute Gasteiger partial charge is 0.453 e. The maximum absolute atomic E-state index is 13.9. The highest BCUT2D eigenvalue weighted by Gasteiger charge is 2.42. The Morgan fingerprint density at radius 2 is 1.64 bits per heavy atom. The van der Waals surface area contributed by atoms with E-state index in [1.54, 1.807) is 18.2 Å². The molecule has 3 aliphatic heterocycles. The van der Waals surface area contributed by atoms with Gasteiger partial charge in [0.05, 0.1) is 13.2 Å². The fourth-order valence-electron chi connectivity index (χ4n) is 8.52. The molecule has 1 aliphatic carbocycles. The number of hydrogen-bond donors (Lipinski definition) is 4. The van der Waals surface area contributed by atoms with E-state index in [2.05, 4.69) is 39.9 Å². The molecule has 2 saturated heterocycles. The van der Waals surface area contributed by atoms with Crippen molar-refractivity contribution in [1.29, 1.82) is 0 Å².